The number of halogens is 1. The van der Waals surface area contributed by atoms with Gasteiger partial charge in [0.1, 0.15) is 0 Å². The van der Waals surface area contributed by atoms with Crippen LogP contribution in [0.1, 0.15) is 32.2 Å². The highest BCUT2D eigenvalue weighted by Gasteiger charge is 2.27. The lowest BCUT2D eigenvalue weighted by Crippen LogP contribution is -2.42. The molecule has 1 heterocycles. The third kappa shape index (κ3) is 3.74. The maximum atomic E-state index is 11.7. The molecule has 1 aromatic heterocycles. The fraction of sp³-hybridized carbons (Fsp3) is 0.769. The monoisotopic (exact) mass is 321 g/mol. The van der Waals surface area contributed by atoms with Crippen molar-refractivity contribution in [3.63, 3.8) is 0 Å². The quantitative estimate of drug-likeness (QED) is 0.830. The van der Waals surface area contributed by atoms with Crippen molar-refractivity contribution in [1.82, 2.24) is 15.1 Å². The molecule has 20 heavy (non-hydrogen) atoms. The van der Waals surface area contributed by atoms with E-state index in [2.05, 4.69) is 10.4 Å². The summed E-state index contributed by atoms with van der Waals surface area (Å²) < 4.78 is 25.3. The molecule has 0 saturated carbocycles. The average molecular weight is 322 g/mol. The molecule has 0 spiro atoms. The molecule has 0 aliphatic carbocycles. The molecule has 0 aliphatic rings. The molecule has 0 saturated heterocycles. The normalized spacial score (nSPS) is 15.3. The molecule has 0 aliphatic heterocycles. The van der Waals surface area contributed by atoms with E-state index in [1.54, 1.807) is 14.0 Å². The lowest BCUT2D eigenvalue weighted by molar-refractivity contribution is 0.496. The number of aryl methyl sites for hydroxylation is 2. The van der Waals surface area contributed by atoms with Crippen LogP contribution < -0.4 is 5.32 Å². The van der Waals surface area contributed by atoms with Gasteiger partial charge in [0.15, 0.2) is 9.84 Å². The molecular formula is C13H24ClN3O2S. The zero-order valence-corrected chi connectivity index (χ0v) is 14.3. The Balaban J connectivity index is 3.10. The smallest absolute Gasteiger partial charge is 0.151 e. The Hall–Kier alpha value is -0.590. The van der Waals surface area contributed by atoms with Crippen molar-refractivity contribution in [2.75, 3.05) is 13.3 Å². The third-order valence-corrected chi connectivity index (χ3v) is 5.84. The number of nitrogens with zero attached hydrogens (tertiary/aromatic N) is 2. The van der Waals surface area contributed by atoms with Gasteiger partial charge in [0.05, 0.1) is 21.7 Å². The number of likely N-dealkylation sites (N-methyl/N-ethyl adjacent to an activating group) is 1. The summed E-state index contributed by atoms with van der Waals surface area (Å²) in [4.78, 5) is 0. The zero-order chi connectivity index (χ0) is 15.5. The molecule has 0 amide bonds. The van der Waals surface area contributed by atoms with Crippen LogP contribution >= 0.6 is 11.6 Å². The molecule has 5 nitrogen and oxygen atoms in total. The van der Waals surface area contributed by atoms with Crippen LogP contribution in [0.25, 0.3) is 0 Å². The summed E-state index contributed by atoms with van der Waals surface area (Å²) in [6.45, 7) is 6.45. The average Bonchev–Trinajstić information content (AvgIpc) is 2.70. The topological polar surface area (TPSA) is 64.0 Å². The number of rotatable bonds is 7. The van der Waals surface area contributed by atoms with E-state index in [1.807, 2.05) is 18.5 Å². The van der Waals surface area contributed by atoms with Gasteiger partial charge < -0.3 is 5.32 Å². The van der Waals surface area contributed by atoms with E-state index in [4.69, 9.17) is 11.6 Å². The summed E-state index contributed by atoms with van der Waals surface area (Å²) in [5.74, 6) is 0. The van der Waals surface area contributed by atoms with Gasteiger partial charge in [0, 0.05) is 25.3 Å². The van der Waals surface area contributed by atoms with Crippen LogP contribution in [-0.4, -0.2) is 42.8 Å². The minimum absolute atomic E-state index is 0.186. The predicted octanol–water partition coefficient (Wildman–Crippen LogP) is 1.68. The van der Waals surface area contributed by atoms with E-state index in [0.717, 1.165) is 24.4 Å². The fourth-order valence-electron chi connectivity index (χ4n) is 2.22. The SMILES string of the molecule is CCc1nn(CC)c(CC(NC)C(C)S(C)(=O)=O)c1Cl. The Kier molecular flexibility index (Phi) is 6.04. The first-order valence-corrected chi connectivity index (χ1v) is 9.19. The first-order valence-electron chi connectivity index (χ1n) is 6.86. The third-order valence-electron chi connectivity index (χ3n) is 3.72. The fourth-order valence-corrected chi connectivity index (χ4v) is 3.40. The van der Waals surface area contributed by atoms with Gasteiger partial charge in [0.2, 0.25) is 0 Å². The van der Waals surface area contributed by atoms with Crippen molar-refractivity contribution in [2.45, 2.75) is 51.4 Å². The lowest BCUT2D eigenvalue weighted by Gasteiger charge is -2.22. The molecule has 1 N–H and O–H groups in total. The Labute approximate surface area is 126 Å². The van der Waals surface area contributed by atoms with E-state index in [1.165, 1.54) is 6.26 Å². The summed E-state index contributed by atoms with van der Waals surface area (Å²) in [6, 6.07) is -0.186. The molecule has 0 fully saturated rings. The molecule has 0 bridgehead atoms. The Morgan fingerprint density at radius 1 is 1.40 bits per heavy atom. The predicted molar refractivity (Wildman–Crippen MR) is 83.1 cm³/mol. The zero-order valence-electron chi connectivity index (χ0n) is 12.8. The van der Waals surface area contributed by atoms with Gasteiger partial charge in [0.25, 0.3) is 0 Å². The van der Waals surface area contributed by atoms with Gasteiger partial charge in [-0.05, 0) is 27.3 Å². The molecule has 2 unspecified atom stereocenters. The second-order valence-corrected chi connectivity index (χ2v) is 7.79. The number of sulfone groups is 1. The molecule has 2 atom stereocenters. The summed E-state index contributed by atoms with van der Waals surface area (Å²) >= 11 is 6.37. The Morgan fingerprint density at radius 2 is 2.00 bits per heavy atom. The van der Waals surface area contributed by atoms with Gasteiger partial charge >= 0.3 is 0 Å². The van der Waals surface area contributed by atoms with E-state index >= 15 is 0 Å². The highest BCUT2D eigenvalue weighted by atomic mass is 35.5. The first kappa shape index (κ1) is 17.5. The van der Waals surface area contributed by atoms with Crippen LogP contribution in [0, 0.1) is 0 Å². The van der Waals surface area contributed by atoms with E-state index in [-0.39, 0.29) is 6.04 Å². The second kappa shape index (κ2) is 6.91. The Morgan fingerprint density at radius 3 is 2.40 bits per heavy atom. The van der Waals surface area contributed by atoms with Crippen LogP contribution in [0.4, 0.5) is 0 Å². The van der Waals surface area contributed by atoms with Gasteiger partial charge in [-0.25, -0.2) is 8.42 Å². The van der Waals surface area contributed by atoms with Crippen LogP contribution in [0.2, 0.25) is 5.02 Å². The first-order chi connectivity index (χ1) is 9.26. The van der Waals surface area contributed by atoms with Gasteiger partial charge in [-0.2, -0.15) is 5.10 Å². The van der Waals surface area contributed by atoms with Crippen molar-refractivity contribution >= 4 is 21.4 Å². The number of aromatic nitrogens is 2. The van der Waals surface area contributed by atoms with E-state index in [0.29, 0.717) is 11.4 Å². The van der Waals surface area contributed by atoms with Crippen molar-refractivity contribution in [2.24, 2.45) is 0 Å². The van der Waals surface area contributed by atoms with E-state index in [9.17, 15) is 8.42 Å². The molecule has 1 rings (SSSR count). The second-order valence-electron chi connectivity index (χ2n) is 5.01. The van der Waals surface area contributed by atoms with Crippen LogP contribution in [0.5, 0.6) is 0 Å². The molecule has 0 aromatic carbocycles. The van der Waals surface area contributed by atoms with Gasteiger partial charge in [-0.3, -0.25) is 4.68 Å². The molecule has 0 radical (unpaired) electrons. The van der Waals surface area contributed by atoms with Crippen LogP contribution in [0.3, 0.4) is 0 Å². The Bertz CT molecular complexity index is 554. The van der Waals surface area contributed by atoms with Crippen molar-refractivity contribution in [1.29, 1.82) is 0 Å². The van der Waals surface area contributed by atoms with Crippen LogP contribution in [0.15, 0.2) is 0 Å². The van der Waals surface area contributed by atoms with Crippen molar-refractivity contribution in [3.8, 4) is 0 Å². The molecular weight excluding hydrogens is 298 g/mol. The summed E-state index contributed by atoms with van der Waals surface area (Å²) in [6.07, 6.45) is 2.58. The van der Waals surface area contributed by atoms with Gasteiger partial charge in [-0.1, -0.05) is 18.5 Å². The van der Waals surface area contributed by atoms with Gasteiger partial charge in [-0.15, -0.1) is 0 Å². The number of hydrogen-bond acceptors (Lipinski definition) is 4. The summed E-state index contributed by atoms with van der Waals surface area (Å²) in [7, 11) is -1.33. The van der Waals surface area contributed by atoms with Crippen molar-refractivity contribution < 1.29 is 8.42 Å². The number of hydrogen-bond donors (Lipinski definition) is 1. The van der Waals surface area contributed by atoms with Crippen LogP contribution in [-0.2, 0) is 29.2 Å². The summed E-state index contributed by atoms with van der Waals surface area (Å²) in [5, 5.41) is 7.73. The molecule has 116 valence electrons. The van der Waals surface area contributed by atoms with Crippen molar-refractivity contribution in [3.05, 3.63) is 16.4 Å². The highest BCUT2D eigenvalue weighted by molar-refractivity contribution is 7.91. The van der Waals surface area contributed by atoms with E-state index < -0.39 is 15.1 Å². The molecule has 7 heteroatoms. The lowest BCUT2D eigenvalue weighted by atomic mass is 10.1. The number of nitrogens with one attached hydrogen (secondary N) is 1. The minimum Gasteiger partial charge on any atom is -0.315 e. The minimum atomic E-state index is -3.10. The maximum Gasteiger partial charge on any atom is 0.151 e. The molecule has 1 aromatic rings. The standard InChI is InChI=1S/C13H24ClN3O2S/c1-6-10-13(14)12(17(7-2)16-10)8-11(15-4)9(3)20(5,18)19/h9,11,15H,6-8H2,1-5H3. The largest absolute Gasteiger partial charge is 0.315 e. The highest BCUT2D eigenvalue weighted by Crippen LogP contribution is 2.24. The summed E-state index contributed by atoms with van der Waals surface area (Å²) in [5.41, 5.74) is 1.77. The maximum absolute atomic E-state index is 11.7.